The van der Waals surface area contributed by atoms with E-state index in [0.29, 0.717) is 25.1 Å². The summed E-state index contributed by atoms with van der Waals surface area (Å²) < 4.78 is 5.76. The quantitative estimate of drug-likeness (QED) is 0.762. The first kappa shape index (κ1) is 12.1. The SMILES string of the molecule is O=c1cc(NCCOC2CCCCC2)nc[nH]1. The summed E-state index contributed by atoms with van der Waals surface area (Å²) in [4.78, 5) is 17.5. The molecule has 5 nitrogen and oxygen atoms in total. The number of nitrogens with zero attached hydrogens (tertiary/aromatic N) is 1. The zero-order valence-electron chi connectivity index (χ0n) is 9.95. The Hall–Kier alpha value is -1.36. The number of aromatic nitrogens is 2. The minimum Gasteiger partial charge on any atom is -0.376 e. The zero-order valence-corrected chi connectivity index (χ0v) is 9.95. The number of rotatable bonds is 5. The van der Waals surface area contributed by atoms with Gasteiger partial charge < -0.3 is 15.0 Å². The first-order valence-corrected chi connectivity index (χ1v) is 6.25. The molecule has 0 aromatic carbocycles. The van der Waals surface area contributed by atoms with Gasteiger partial charge in [0.25, 0.3) is 5.56 Å². The van der Waals surface area contributed by atoms with Crippen LogP contribution in [0.3, 0.4) is 0 Å². The topological polar surface area (TPSA) is 67.0 Å². The molecule has 1 aromatic rings. The molecule has 1 aliphatic rings. The molecule has 1 aromatic heterocycles. The molecule has 0 unspecified atom stereocenters. The van der Waals surface area contributed by atoms with Gasteiger partial charge in [-0.2, -0.15) is 0 Å². The van der Waals surface area contributed by atoms with Crippen molar-refractivity contribution in [1.82, 2.24) is 9.97 Å². The molecule has 1 aliphatic carbocycles. The van der Waals surface area contributed by atoms with Crippen molar-refractivity contribution < 1.29 is 4.74 Å². The maximum Gasteiger partial charge on any atom is 0.252 e. The standard InChI is InChI=1S/C12H19N3O2/c16-12-8-11(14-9-15-12)13-6-7-17-10-4-2-1-3-5-10/h8-10H,1-7H2,(H2,13,14,15,16). The van der Waals surface area contributed by atoms with Crippen molar-refractivity contribution in [2.45, 2.75) is 38.2 Å². The fraction of sp³-hybridized carbons (Fsp3) is 0.667. The first-order chi connectivity index (χ1) is 8.34. The predicted molar refractivity (Wildman–Crippen MR) is 66.2 cm³/mol. The van der Waals surface area contributed by atoms with Crippen LogP contribution < -0.4 is 10.9 Å². The molecule has 17 heavy (non-hydrogen) atoms. The van der Waals surface area contributed by atoms with Crippen molar-refractivity contribution in [2.24, 2.45) is 0 Å². The highest BCUT2D eigenvalue weighted by Gasteiger charge is 2.12. The van der Waals surface area contributed by atoms with Crippen LogP contribution in [0.5, 0.6) is 0 Å². The predicted octanol–water partition coefficient (Wildman–Crippen LogP) is 1.53. The summed E-state index contributed by atoms with van der Waals surface area (Å²) in [5.41, 5.74) is -0.143. The van der Waals surface area contributed by atoms with Crippen molar-refractivity contribution in [1.29, 1.82) is 0 Å². The third-order valence-corrected chi connectivity index (χ3v) is 2.99. The summed E-state index contributed by atoms with van der Waals surface area (Å²) in [6.45, 7) is 1.35. The number of nitrogens with one attached hydrogen (secondary N) is 2. The van der Waals surface area contributed by atoms with E-state index in [1.54, 1.807) is 0 Å². The van der Waals surface area contributed by atoms with Crippen molar-refractivity contribution in [3.8, 4) is 0 Å². The molecule has 2 rings (SSSR count). The van der Waals surface area contributed by atoms with Gasteiger partial charge in [-0.1, -0.05) is 19.3 Å². The van der Waals surface area contributed by atoms with Crippen molar-refractivity contribution in [3.05, 3.63) is 22.7 Å². The maximum atomic E-state index is 11.0. The van der Waals surface area contributed by atoms with E-state index in [9.17, 15) is 4.79 Å². The number of anilines is 1. The van der Waals surface area contributed by atoms with Crippen LogP contribution >= 0.6 is 0 Å². The average Bonchev–Trinajstić information content (AvgIpc) is 2.36. The molecule has 2 N–H and O–H groups in total. The van der Waals surface area contributed by atoms with Crippen molar-refractivity contribution in [3.63, 3.8) is 0 Å². The number of H-pyrrole nitrogens is 1. The maximum absolute atomic E-state index is 11.0. The lowest BCUT2D eigenvalue weighted by atomic mass is 9.98. The van der Waals surface area contributed by atoms with Crippen LogP contribution in [-0.4, -0.2) is 29.2 Å². The van der Waals surface area contributed by atoms with Gasteiger partial charge in [0.2, 0.25) is 0 Å². The van der Waals surface area contributed by atoms with Crippen LogP contribution in [0.2, 0.25) is 0 Å². The van der Waals surface area contributed by atoms with Gasteiger partial charge in [-0.15, -0.1) is 0 Å². The van der Waals surface area contributed by atoms with Gasteiger partial charge in [-0.3, -0.25) is 4.79 Å². The van der Waals surface area contributed by atoms with Gasteiger partial charge in [0.15, 0.2) is 0 Å². The minimum atomic E-state index is -0.143. The Kier molecular flexibility index (Phi) is 4.55. The molecule has 0 amide bonds. The van der Waals surface area contributed by atoms with Gasteiger partial charge in [0.05, 0.1) is 19.0 Å². The average molecular weight is 237 g/mol. The largest absolute Gasteiger partial charge is 0.376 e. The van der Waals surface area contributed by atoms with Crippen LogP contribution in [-0.2, 0) is 4.74 Å². The van der Waals surface area contributed by atoms with Crippen molar-refractivity contribution >= 4 is 5.82 Å². The Balaban J connectivity index is 1.64. The van der Waals surface area contributed by atoms with Crippen LogP contribution in [0.1, 0.15) is 32.1 Å². The van der Waals surface area contributed by atoms with Gasteiger partial charge >= 0.3 is 0 Å². The van der Waals surface area contributed by atoms with E-state index < -0.39 is 0 Å². The van der Waals surface area contributed by atoms with E-state index in [-0.39, 0.29) is 5.56 Å². The molecule has 0 spiro atoms. The third kappa shape index (κ3) is 4.19. The molecule has 0 saturated heterocycles. The molecule has 1 fully saturated rings. The number of aromatic amines is 1. The van der Waals surface area contributed by atoms with Crippen LogP contribution in [0, 0.1) is 0 Å². The molecule has 1 saturated carbocycles. The fourth-order valence-electron chi connectivity index (χ4n) is 2.10. The Morgan fingerprint density at radius 1 is 1.41 bits per heavy atom. The summed E-state index contributed by atoms with van der Waals surface area (Å²) in [6.07, 6.45) is 8.10. The summed E-state index contributed by atoms with van der Waals surface area (Å²) >= 11 is 0. The summed E-state index contributed by atoms with van der Waals surface area (Å²) in [6, 6.07) is 1.45. The van der Waals surface area contributed by atoms with Crippen LogP contribution in [0.15, 0.2) is 17.2 Å². The molecule has 94 valence electrons. The van der Waals surface area contributed by atoms with Gasteiger partial charge in [-0.25, -0.2) is 4.98 Å². The molecule has 1 heterocycles. The van der Waals surface area contributed by atoms with E-state index in [0.717, 1.165) is 0 Å². The second-order valence-electron chi connectivity index (χ2n) is 4.35. The lowest BCUT2D eigenvalue weighted by Gasteiger charge is -2.22. The normalized spacial score (nSPS) is 16.9. The highest BCUT2D eigenvalue weighted by Crippen LogP contribution is 2.19. The Morgan fingerprint density at radius 2 is 2.24 bits per heavy atom. The van der Waals surface area contributed by atoms with Gasteiger partial charge in [0.1, 0.15) is 5.82 Å². The number of hydrogen-bond acceptors (Lipinski definition) is 4. The highest BCUT2D eigenvalue weighted by molar-refractivity contribution is 5.31. The molecule has 0 atom stereocenters. The second kappa shape index (κ2) is 6.39. The Bertz CT molecular complexity index is 385. The van der Waals surface area contributed by atoms with Crippen molar-refractivity contribution in [2.75, 3.05) is 18.5 Å². The monoisotopic (exact) mass is 237 g/mol. The summed E-state index contributed by atoms with van der Waals surface area (Å²) in [5, 5.41) is 3.07. The molecule has 5 heteroatoms. The third-order valence-electron chi connectivity index (χ3n) is 2.99. The Labute approximate surface area is 101 Å². The smallest absolute Gasteiger partial charge is 0.252 e. The molecule has 0 radical (unpaired) electrons. The van der Waals surface area contributed by atoms with Crippen LogP contribution in [0.25, 0.3) is 0 Å². The number of hydrogen-bond donors (Lipinski definition) is 2. The fourth-order valence-corrected chi connectivity index (χ4v) is 2.10. The second-order valence-corrected chi connectivity index (χ2v) is 4.35. The highest BCUT2D eigenvalue weighted by atomic mass is 16.5. The molecular weight excluding hydrogens is 218 g/mol. The molecular formula is C12H19N3O2. The van der Waals surface area contributed by atoms with E-state index in [1.165, 1.54) is 44.5 Å². The zero-order chi connectivity index (χ0) is 11.9. The van der Waals surface area contributed by atoms with Crippen LogP contribution in [0.4, 0.5) is 5.82 Å². The van der Waals surface area contributed by atoms with Gasteiger partial charge in [0, 0.05) is 12.6 Å². The van der Waals surface area contributed by atoms with E-state index in [2.05, 4.69) is 15.3 Å². The van der Waals surface area contributed by atoms with E-state index in [4.69, 9.17) is 4.74 Å². The lowest BCUT2D eigenvalue weighted by Crippen LogP contribution is -2.21. The summed E-state index contributed by atoms with van der Waals surface area (Å²) in [7, 11) is 0. The minimum absolute atomic E-state index is 0.143. The number of ether oxygens (including phenoxy) is 1. The first-order valence-electron chi connectivity index (χ1n) is 6.25. The van der Waals surface area contributed by atoms with Gasteiger partial charge in [-0.05, 0) is 12.8 Å². The lowest BCUT2D eigenvalue weighted by molar-refractivity contribution is 0.0347. The molecule has 0 bridgehead atoms. The van der Waals surface area contributed by atoms with E-state index >= 15 is 0 Å². The Morgan fingerprint density at radius 3 is 3.00 bits per heavy atom. The van der Waals surface area contributed by atoms with E-state index in [1.807, 2.05) is 0 Å². The summed E-state index contributed by atoms with van der Waals surface area (Å²) in [5.74, 6) is 0.598. The molecule has 0 aliphatic heterocycles.